The van der Waals surface area contributed by atoms with Crippen molar-refractivity contribution in [3.05, 3.63) is 139 Å². The molecule has 1 atom stereocenters. The molecule has 0 saturated heterocycles. The summed E-state index contributed by atoms with van der Waals surface area (Å²) in [7, 11) is 0. The fourth-order valence-electron chi connectivity index (χ4n) is 6.34. The molecule has 1 N–H and O–H groups in total. The lowest BCUT2D eigenvalue weighted by atomic mass is 10.0. The molecule has 6 aromatic carbocycles. The van der Waals surface area contributed by atoms with Crippen molar-refractivity contribution in [2.24, 2.45) is 0 Å². The van der Waals surface area contributed by atoms with Crippen LogP contribution in [0.2, 0.25) is 0 Å². The van der Waals surface area contributed by atoms with E-state index >= 15 is 0 Å². The van der Waals surface area contributed by atoms with E-state index in [0.29, 0.717) is 0 Å². The molecule has 1 unspecified atom stereocenters. The summed E-state index contributed by atoms with van der Waals surface area (Å²) in [6, 6.07) is 47.6. The van der Waals surface area contributed by atoms with Gasteiger partial charge in [0.25, 0.3) is 0 Å². The molecule has 0 amide bonds. The highest BCUT2D eigenvalue weighted by Gasteiger charge is 2.27. The lowest BCUT2D eigenvalue weighted by Gasteiger charge is -2.14. The van der Waals surface area contributed by atoms with Gasteiger partial charge in [-0.05, 0) is 53.6 Å². The number of aromatic nitrogens is 1. The number of fused-ring (bicyclic) bond motifs is 8. The van der Waals surface area contributed by atoms with Gasteiger partial charge >= 0.3 is 0 Å². The second-order valence-corrected chi connectivity index (χ2v) is 11.7. The van der Waals surface area contributed by atoms with Gasteiger partial charge < -0.3 is 14.6 Å². The molecule has 4 heteroatoms. The normalized spacial score (nSPS) is 14.5. The topological polar surface area (TPSA) is 26.2 Å². The summed E-state index contributed by atoms with van der Waals surface area (Å²) in [5, 5.41) is 8.75. The number of hydrogen-bond acceptors (Lipinski definition) is 3. The highest BCUT2D eigenvalue weighted by atomic mass is 32.1. The van der Waals surface area contributed by atoms with Crippen molar-refractivity contribution >= 4 is 59.0 Å². The molecular weight excluding hydrogens is 520 g/mol. The summed E-state index contributed by atoms with van der Waals surface area (Å²) in [4.78, 5) is 0. The number of hydrogen-bond donors (Lipinski definition) is 1. The second kappa shape index (κ2) is 8.72. The van der Waals surface area contributed by atoms with Gasteiger partial charge in [-0.15, -0.1) is 11.3 Å². The first-order chi connectivity index (χ1) is 20.3. The van der Waals surface area contributed by atoms with Crippen LogP contribution < -0.4 is 10.1 Å². The molecule has 2 aromatic heterocycles. The molecule has 8 aromatic rings. The maximum Gasteiger partial charge on any atom is 0.196 e. The van der Waals surface area contributed by atoms with E-state index < -0.39 is 0 Å². The minimum absolute atomic E-state index is 0.235. The van der Waals surface area contributed by atoms with E-state index in [1.807, 2.05) is 11.3 Å². The summed E-state index contributed by atoms with van der Waals surface area (Å²) >= 11 is 1.84. The second-order valence-electron chi connectivity index (χ2n) is 10.6. The third-order valence-corrected chi connectivity index (χ3v) is 9.38. The minimum Gasteiger partial charge on any atom is -0.464 e. The Kier molecular flexibility index (Phi) is 4.83. The van der Waals surface area contributed by atoms with Crippen LogP contribution in [0.1, 0.15) is 11.8 Å². The van der Waals surface area contributed by atoms with Gasteiger partial charge in [0.15, 0.2) is 6.23 Å². The van der Waals surface area contributed by atoms with Crippen molar-refractivity contribution in [1.29, 1.82) is 0 Å². The lowest BCUT2D eigenvalue weighted by molar-refractivity contribution is 0.260. The summed E-state index contributed by atoms with van der Waals surface area (Å²) in [6.07, 6.45) is -0.235. The van der Waals surface area contributed by atoms with Gasteiger partial charge in [0.2, 0.25) is 0 Å². The third kappa shape index (κ3) is 3.44. The molecular formula is C37H24N2OS. The monoisotopic (exact) mass is 544 g/mol. The van der Waals surface area contributed by atoms with Crippen molar-refractivity contribution in [3.63, 3.8) is 0 Å². The van der Waals surface area contributed by atoms with Crippen LogP contribution in [-0.2, 0) is 0 Å². The van der Waals surface area contributed by atoms with Crippen LogP contribution in [0, 0.1) is 0 Å². The Balaban J connectivity index is 1.08. The van der Waals surface area contributed by atoms with E-state index in [4.69, 9.17) is 4.74 Å². The Labute approximate surface area is 240 Å². The average molecular weight is 545 g/mol. The fraction of sp³-hybridized carbons (Fsp3) is 0.0270. The first-order valence-electron chi connectivity index (χ1n) is 13.9. The van der Waals surface area contributed by atoms with Crippen LogP contribution in [0.15, 0.2) is 133 Å². The highest BCUT2D eigenvalue weighted by Crippen LogP contribution is 2.48. The van der Waals surface area contributed by atoms with Crippen LogP contribution in [-0.4, -0.2) is 4.57 Å². The van der Waals surface area contributed by atoms with Crippen molar-refractivity contribution in [2.75, 3.05) is 5.32 Å². The largest absolute Gasteiger partial charge is 0.464 e. The Bertz CT molecular complexity index is 2210. The molecule has 0 aliphatic carbocycles. The van der Waals surface area contributed by atoms with E-state index in [2.05, 4.69) is 143 Å². The molecule has 0 bridgehead atoms. The van der Waals surface area contributed by atoms with Crippen LogP contribution in [0.25, 0.3) is 58.8 Å². The van der Waals surface area contributed by atoms with Crippen molar-refractivity contribution in [2.45, 2.75) is 6.23 Å². The highest BCUT2D eigenvalue weighted by molar-refractivity contribution is 7.26. The quantitative estimate of drug-likeness (QED) is 0.239. The molecule has 194 valence electrons. The SMILES string of the molecule is c1ccc(-c2ccc3c(c2)sc2ccc4c(c23)NC(c2ccc(-n3c5ccccc5c5ccccc53)cc2)O4)cc1. The number of nitrogens with one attached hydrogen (secondary N) is 1. The summed E-state index contributed by atoms with van der Waals surface area (Å²) in [5.74, 6) is 0.904. The maximum absolute atomic E-state index is 6.47. The molecule has 0 fully saturated rings. The van der Waals surface area contributed by atoms with Gasteiger partial charge in [0.05, 0.1) is 16.7 Å². The number of nitrogens with zero attached hydrogens (tertiary/aromatic N) is 1. The van der Waals surface area contributed by atoms with E-state index in [9.17, 15) is 0 Å². The van der Waals surface area contributed by atoms with Gasteiger partial charge in [-0.1, -0.05) is 91.0 Å². The smallest absolute Gasteiger partial charge is 0.196 e. The van der Waals surface area contributed by atoms with E-state index in [0.717, 1.165) is 22.7 Å². The number of rotatable bonds is 3. The number of thiophene rings is 1. The van der Waals surface area contributed by atoms with Crippen LogP contribution in [0.5, 0.6) is 5.75 Å². The predicted molar refractivity (Wildman–Crippen MR) is 173 cm³/mol. The summed E-state index contributed by atoms with van der Waals surface area (Å²) in [5.41, 5.74) is 8.23. The van der Waals surface area contributed by atoms with Crippen LogP contribution in [0.4, 0.5) is 5.69 Å². The number of ether oxygens (including phenoxy) is 1. The first-order valence-corrected chi connectivity index (χ1v) is 14.7. The molecule has 3 heterocycles. The van der Waals surface area contributed by atoms with Crippen molar-refractivity contribution in [1.82, 2.24) is 4.57 Å². The molecule has 3 nitrogen and oxygen atoms in total. The van der Waals surface area contributed by atoms with Crippen molar-refractivity contribution in [3.8, 4) is 22.6 Å². The number of para-hydroxylation sites is 2. The van der Waals surface area contributed by atoms with Gasteiger partial charge in [-0.3, -0.25) is 0 Å². The molecule has 1 aliphatic heterocycles. The molecule has 41 heavy (non-hydrogen) atoms. The van der Waals surface area contributed by atoms with Crippen LogP contribution >= 0.6 is 11.3 Å². The van der Waals surface area contributed by atoms with Gasteiger partial charge in [0.1, 0.15) is 5.75 Å². The Hall–Kier alpha value is -5.06. The van der Waals surface area contributed by atoms with Gasteiger partial charge in [-0.2, -0.15) is 0 Å². The Morgan fingerprint density at radius 3 is 2.05 bits per heavy atom. The van der Waals surface area contributed by atoms with Crippen molar-refractivity contribution < 1.29 is 4.74 Å². The minimum atomic E-state index is -0.235. The zero-order valence-electron chi connectivity index (χ0n) is 22.0. The van der Waals surface area contributed by atoms with E-state index in [1.165, 1.54) is 53.1 Å². The van der Waals surface area contributed by atoms with E-state index in [1.54, 1.807) is 0 Å². The average Bonchev–Trinajstić information content (AvgIpc) is 3.73. The summed E-state index contributed by atoms with van der Waals surface area (Å²) < 4.78 is 11.4. The van der Waals surface area contributed by atoms with Crippen LogP contribution in [0.3, 0.4) is 0 Å². The van der Waals surface area contributed by atoms with Gasteiger partial charge in [0, 0.05) is 42.2 Å². The lowest BCUT2D eigenvalue weighted by Crippen LogP contribution is -2.10. The molecule has 9 rings (SSSR count). The molecule has 0 spiro atoms. The standard InChI is InChI=1S/C37H24N2OS/c1-2-8-23(9-3-1)25-16-19-29-34(22-25)41-33-21-20-32-36(35(29)33)38-37(40-32)24-14-17-26(18-15-24)39-30-12-6-4-10-27(30)28-11-5-7-13-31(28)39/h1-22,37-38H. The fourth-order valence-corrected chi connectivity index (χ4v) is 7.49. The van der Waals surface area contributed by atoms with Gasteiger partial charge in [-0.25, -0.2) is 0 Å². The number of benzene rings is 6. The maximum atomic E-state index is 6.47. The first kappa shape index (κ1) is 22.7. The number of anilines is 1. The third-order valence-electron chi connectivity index (χ3n) is 8.26. The zero-order chi connectivity index (χ0) is 26.9. The molecule has 0 radical (unpaired) electrons. The molecule has 1 aliphatic rings. The predicted octanol–water partition coefficient (Wildman–Crippen LogP) is 10.3. The summed E-state index contributed by atoms with van der Waals surface area (Å²) in [6.45, 7) is 0. The Morgan fingerprint density at radius 2 is 1.29 bits per heavy atom. The van der Waals surface area contributed by atoms with E-state index in [-0.39, 0.29) is 6.23 Å². The molecule has 0 saturated carbocycles. The Morgan fingerprint density at radius 1 is 0.585 bits per heavy atom. The zero-order valence-corrected chi connectivity index (χ0v) is 22.9.